The Morgan fingerprint density at radius 2 is 1.97 bits per heavy atom. The third-order valence-corrected chi connectivity index (χ3v) is 5.69. The van der Waals surface area contributed by atoms with Gasteiger partial charge in [-0.2, -0.15) is 0 Å². The SMILES string of the molecule is Nc1ccc2ccc(CN(C(=O)c3cccnc3)[C@@H]3CCCc4nccnc43)cc2n1. The van der Waals surface area contributed by atoms with Crippen LogP contribution in [0.25, 0.3) is 10.9 Å². The zero-order valence-electron chi connectivity index (χ0n) is 17.0. The molecule has 7 nitrogen and oxygen atoms in total. The van der Waals surface area contributed by atoms with E-state index in [4.69, 9.17) is 5.73 Å². The molecule has 31 heavy (non-hydrogen) atoms. The van der Waals surface area contributed by atoms with Crippen LogP contribution in [0.5, 0.6) is 0 Å². The lowest BCUT2D eigenvalue weighted by atomic mass is 9.93. The number of nitrogens with zero attached hydrogens (tertiary/aromatic N) is 5. The molecule has 3 aromatic heterocycles. The van der Waals surface area contributed by atoms with E-state index < -0.39 is 0 Å². The van der Waals surface area contributed by atoms with E-state index in [0.717, 1.165) is 47.1 Å². The highest BCUT2D eigenvalue weighted by Crippen LogP contribution is 2.34. The van der Waals surface area contributed by atoms with Crippen molar-refractivity contribution < 1.29 is 4.79 Å². The van der Waals surface area contributed by atoms with Gasteiger partial charge >= 0.3 is 0 Å². The second-order valence-corrected chi connectivity index (χ2v) is 7.73. The first-order valence-electron chi connectivity index (χ1n) is 10.3. The van der Waals surface area contributed by atoms with E-state index in [1.54, 1.807) is 43.0 Å². The molecule has 4 aromatic rings. The molecule has 154 valence electrons. The molecule has 0 spiro atoms. The molecule has 1 aliphatic rings. The van der Waals surface area contributed by atoms with Gasteiger partial charge in [0.2, 0.25) is 0 Å². The second-order valence-electron chi connectivity index (χ2n) is 7.73. The van der Waals surface area contributed by atoms with Crippen LogP contribution in [0, 0.1) is 0 Å². The molecular weight excluding hydrogens is 388 g/mol. The number of rotatable bonds is 4. The lowest BCUT2D eigenvalue weighted by Gasteiger charge is -2.34. The Balaban J connectivity index is 1.55. The smallest absolute Gasteiger partial charge is 0.256 e. The average Bonchev–Trinajstić information content (AvgIpc) is 2.82. The second kappa shape index (κ2) is 8.10. The van der Waals surface area contributed by atoms with Gasteiger partial charge in [0.25, 0.3) is 5.91 Å². The van der Waals surface area contributed by atoms with E-state index >= 15 is 0 Å². The summed E-state index contributed by atoms with van der Waals surface area (Å²) in [5.41, 5.74) is 10.1. The van der Waals surface area contributed by atoms with Crippen LogP contribution in [0.4, 0.5) is 5.82 Å². The standard InChI is InChI=1S/C24H22N6O/c25-22-9-8-17-7-6-16(13-20(17)29-22)15-30(24(31)18-3-2-10-26-14-18)21-5-1-4-19-23(21)28-12-11-27-19/h2-3,6-14,21H,1,4-5,15H2,(H2,25,29)/t21-/m1/s1. The minimum absolute atomic E-state index is 0.0720. The number of hydrogen-bond donors (Lipinski definition) is 1. The number of carbonyl (C=O) groups excluding carboxylic acids is 1. The van der Waals surface area contributed by atoms with Gasteiger partial charge in [-0.25, -0.2) is 4.98 Å². The zero-order chi connectivity index (χ0) is 21.2. The van der Waals surface area contributed by atoms with Crippen molar-refractivity contribution in [2.24, 2.45) is 0 Å². The Morgan fingerprint density at radius 3 is 2.84 bits per heavy atom. The molecule has 0 aliphatic heterocycles. The topological polar surface area (TPSA) is 97.9 Å². The Morgan fingerprint density at radius 1 is 1.10 bits per heavy atom. The molecule has 2 N–H and O–H groups in total. The van der Waals surface area contributed by atoms with Gasteiger partial charge in [0.15, 0.2) is 0 Å². The summed E-state index contributed by atoms with van der Waals surface area (Å²) in [4.78, 5) is 33.1. The van der Waals surface area contributed by atoms with Gasteiger partial charge in [-0.15, -0.1) is 0 Å². The van der Waals surface area contributed by atoms with Crippen molar-refractivity contribution in [2.75, 3.05) is 5.73 Å². The Bertz CT molecular complexity index is 1240. The lowest BCUT2D eigenvalue weighted by Crippen LogP contribution is -2.37. The maximum atomic E-state index is 13.6. The van der Waals surface area contributed by atoms with E-state index in [2.05, 4.69) is 19.9 Å². The molecule has 1 aromatic carbocycles. The number of hydrogen-bond acceptors (Lipinski definition) is 6. The average molecular weight is 410 g/mol. The summed E-state index contributed by atoms with van der Waals surface area (Å²) in [5, 5.41) is 1.01. The van der Waals surface area contributed by atoms with Crippen LogP contribution in [0.1, 0.15) is 46.2 Å². The summed E-state index contributed by atoms with van der Waals surface area (Å²) in [5.74, 6) is 0.404. The van der Waals surface area contributed by atoms with Crippen LogP contribution in [0.15, 0.2) is 67.3 Å². The molecule has 7 heteroatoms. The number of pyridine rings is 2. The first kappa shape index (κ1) is 19.1. The highest BCUT2D eigenvalue weighted by atomic mass is 16.2. The number of aryl methyl sites for hydroxylation is 1. The highest BCUT2D eigenvalue weighted by Gasteiger charge is 2.32. The number of nitrogen functional groups attached to an aromatic ring is 1. The first-order chi connectivity index (χ1) is 15.2. The number of fused-ring (bicyclic) bond motifs is 2. The van der Waals surface area contributed by atoms with Crippen molar-refractivity contribution in [3.05, 3.63) is 89.8 Å². The summed E-state index contributed by atoms with van der Waals surface area (Å²) >= 11 is 0. The van der Waals surface area contributed by atoms with Crippen molar-refractivity contribution in [1.29, 1.82) is 0 Å². The largest absolute Gasteiger partial charge is 0.384 e. The van der Waals surface area contributed by atoms with Crippen LogP contribution in [0.2, 0.25) is 0 Å². The summed E-state index contributed by atoms with van der Waals surface area (Å²) in [6.07, 6.45) is 9.38. The fourth-order valence-electron chi connectivity index (χ4n) is 4.20. The number of aromatic nitrogens is 4. The van der Waals surface area contributed by atoms with Gasteiger partial charge in [-0.3, -0.25) is 19.7 Å². The van der Waals surface area contributed by atoms with E-state index in [0.29, 0.717) is 17.9 Å². The lowest BCUT2D eigenvalue weighted by molar-refractivity contribution is 0.0631. The summed E-state index contributed by atoms with van der Waals surface area (Å²) < 4.78 is 0. The molecule has 1 atom stereocenters. The van der Waals surface area contributed by atoms with Gasteiger partial charge in [-0.05, 0) is 55.2 Å². The third-order valence-electron chi connectivity index (χ3n) is 5.69. The number of nitrogens with two attached hydrogens (primary N) is 1. The molecule has 5 rings (SSSR count). The van der Waals surface area contributed by atoms with Crippen molar-refractivity contribution in [2.45, 2.75) is 31.8 Å². The fraction of sp³-hybridized carbons (Fsp3) is 0.208. The summed E-state index contributed by atoms with van der Waals surface area (Å²) in [6, 6.07) is 13.2. The predicted molar refractivity (Wildman–Crippen MR) is 118 cm³/mol. The molecule has 0 fully saturated rings. The summed E-state index contributed by atoms with van der Waals surface area (Å²) in [7, 11) is 0. The quantitative estimate of drug-likeness (QED) is 0.551. The van der Waals surface area contributed by atoms with E-state index in [-0.39, 0.29) is 11.9 Å². The van der Waals surface area contributed by atoms with Gasteiger partial charge < -0.3 is 10.6 Å². The van der Waals surface area contributed by atoms with Gasteiger partial charge in [0.1, 0.15) is 5.82 Å². The third kappa shape index (κ3) is 3.82. The van der Waals surface area contributed by atoms with Crippen LogP contribution < -0.4 is 5.73 Å². The van der Waals surface area contributed by atoms with Gasteiger partial charge in [0, 0.05) is 36.7 Å². The Kier molecular flexibility index (Phi) is 5.00. The minimum atomic E-state index is -0.144. The van der Waals surface area contributed by atoms with E-state index in [1.165, 1.54) is 0 Å². The Hall–Kier alpha value is -3.87. The summed E-state index contributed by atoms with van der Waals surface area (Å²) in [6.45, 7) is 0.431. The Labute approximate surface area is 180 Å². The van der Waals surface area contributed by atoms with Crippen molar-refractivity contribution in [1.82, 2.24) is 24.8 Å². The monoisotopic (exact) mass is 410 g/mol. The van der Waals surface area contributed by atoms with E-state index in [1.807, 2.05) is 29.2 Å². The maximum absolute atomic E-state index is 13.6. The maximum Gasteiger partial charge on any atom is 0.256 e. The number of carbonyl (C=O) groups is 1. The predicted octanol–water partition coefficient (Wildman–Crippen LogP) is 3.72. The molecule has 0 saturated carbocycles. The molecule has 0 unspecified atom stereocenters. The van der Waals surface area contributed by atoms with Crippen LogP contribution >= 0.6 is 0 Å². The van der Waals surface area contributed by atoms with Gasteiger partial charge in [0.05, 0.1) is 28.5 Å². The van der Waals surface area contributed by atoms with Crippen LogP contribution in [-0.2, 0) is 13.0 Å². The fourth-order valence-corrected chi connectivity index (χ4v) is 4.20. The van der Waals surface area contributed by atoms with Crippen molar-refractivity contribution in [3.63, 3.8) is 0 Å². The van der Waals surface area contributed by atoms with Crippen molar-refractivity contribution >= 4 is 22.6 Å². The van der Waals surface area contributed by atoms with Crippen LogP contribution in [-0.4, -0.2) is 30.7 Å². The molecule has 0 bridgehead atoms. The first-order valence-corrected chi connectivity index (χ1v) is 10.3. The minimum Gasteiger partial charge on any atom is -0.384 e. The molecular formula is C24H22N6O. The number of benzene rings is 1. The molecule has 0 saturated heterocycles. The van der Waals surface area contributed by atoms with E-state index in [9.17, 15) is 4.79 Å². The van der Waals surface area contributed by atoms with Gasteiger partial charge in [-0.1, -0.05) is 12.1 Å². The molecule has 0 radical (unpaired) electrons. The highest BCUT2D eigenvalue weighted by molar-refractivity contribution is 5.94. The normalized spacial score (nSPS) is 15.4. The molecule has 1 amide bonds. The number of amides is 1. The molecule has 3 heterocycles. The number of anilines is 1. The van der Waals surface area contributed by atoms with Crippen LogP contribution in [0.3, 0.4) is 0 Å². The van der Waals surface area contributed by atoms with Crippen molar-refractivity contribution in [3.8, 4) is 0 Å². The zero-order valence-corrected chi connectivity index (χ0v) is 17.0. The molecule has 1 aliphatic carbocycles.